The summed E-state index contributed by atoms with van der Waals surface area (Å²) in [6.07, 6.45) is 5.64. The summed E-state index contributed by atoms with van der Waals surface area (Å²) >= 11 is 0. The van der Waals surface area contributed by atoms with Crippen LogP contribution in [-0.4, -0.2) is 49.9 Å². The molecule has 0 spiro atoms. The first-order valence-corrected chi connectivity index (χ1v) is 5.98. The molecule has 0 bridgehead atoms. The van der Waals surface area contributed by atoms with Crippen LogP contribution in [0.1, 0.15) is 32.1 Å². The van der Waals surface area contributed by atoms with Crippen LogP contribution in [0.5, 0.6) is 0 Å². The van der Waals surface area contributed by atoms with Crippen LogP contribution in [-0.2, 0) is 4.79 Å². The summed E-state index contributed by atoms with van der Waals surface area (Å²) in [6.45, 7) is 2.46. The molecule has 0 saturated carbocycles. The molecular weight excluding hydrogens is 188 g/mol. The monoisotopic (exact) mass is 212 g/mol. The van der Waals surface area contributed by atoms with Gasteiger partial charge in [0.15, 0.2) is 0 Å². The molecule has 0 atom stereocenters. The molecule has 15 heavy (non-hydrogen) atoms. The quantitative estimate of drug-likeness (QED) is 0.706. The van der Waals surface area contributed by atoms with Gasteiger partial charge in [0.25, 0.3) is 0 Å². The molecule has 0 N–H and O–H groups in total. The molecule has 0 radical (unpaired) electrons. The van der Waals surface area contributed by atoms with Crippen LogP contribution in [0, 0.1) is 5.92 Å². The number of likely N-dealkylation sites (tertiary alicyclic amines) is 1. The van der Waals surface area contributed by atoms with E-state index in [0.29, 0.717) is 0 Å². The molecule has 0 unspecified atom stereocenters. The summed E-state index contributed by atoms with van der Waals surface area (Å²) in [4.78, 5) is 15.4. The van der Waals surface area contributed by atoms with Crippen molar-refractivity contribution in [2.24, 2.45) is 5.92 Å². The van der Waals surface area contributed by atoms with E-state index in [4.69, 9.17) is 0 Å². The molecule has 0 aromatic heterocycles. The zero-order chi connectivity index (χ0) is 11.3. The fourth-order valence-electron chi connectivity index (χ4n) is 2.12. The van der Waals surface area contributed by atoms with Crippen molar-refractivity contribution in [3.05, 3.63) is 0 Å². The summed E-state index contributed by atoms with van der Waals surface area (Å²) in [5.74, 6) is 1.12. The summed E-state index contributed by atoms with van der Waals surface area (Å²) in [5, 5.41) is 0. The normalized spacial score (nSPS) is 19.1. The average molecular weight is 212 g/mol. The lowest BCUT2D eigenvalue weighted by molar-refractivity contribution is -0.128. The molecule has 1 rings (SSSR count). The van der Waals surface area contributed by atoms with E-state index in [-0.39, 0.29) is 5.91 Å². The first-order chi connectivity index (χ1) is 7.09. The van der Waals surface area contributed by atoms with Crippen molar-refractivity contribution in [3.63, 3.8) is 0 Å². The lowest BCUT2D eigenvalue weighted by atomic mass is 9.92. The Morgan fingerprint density at radius 3 is 2.47 bits per heavy atom. The van der Waals surface area contributed by atoms with E-state index in [2.05, 4.69) is 11.9 Å². The lowest BCUT2D eigenvalue weighted by Gasteiger charge is -2.28. The molecule has 1 aliphatic heterocycles. The van der Waals surface area contributed by atoms with Gasteiger partial charge in [-0.05, 0) is 51.7 Å². The van der Waals surface area contributed by atoms with Gasteiger partial charge in [0.2, 0.25) is 5.91 Å². The third kappa shape index (κ3) is 4.65. The molecule has 3 nitrogen and oxygen atoms in total. The van der Waals surface area contributed by atoms with Gasteiger partial charge in [0, 0.05) is 20.5 Å². The van der Waals surface area contributed by atoms with E-state index in [9.17, 15) is 4.79 Å². The number of nitrogens with zero attached hydrogens (tertiary/aromatic N) is 2. The van der Waals surface area contributed by atoms with Gasteiger partial charge in [-0.3, -0.25) is 4.79 Å². The van der Waals surface area contributed by atoms with Crippen LogP contribution in [0.3, 0.4) is 0 Å². The highest BCUT2D eigenvalue weighted by Gasteiger charge is 2.16. The summed E-state index contributed by atoms with van der Waals surface area (Å²) in [5.41, 5.74) is 0. The SMILES string of the molecule is CN1CCC(CCCC(=O)N(C)C)CC1. The zero-order valence-corrected chi connectivity index (χ0v) is 10.3. The number of carbonyl (C=O) groups is 1. The van der Waals surface area contributed by atoms with Crippen molar-refractivity contribution in [1.82, 2.24) is 9.80 Å². The van der Waals surface area contributed by atoms with Crippen LogP contribution in [0.25, 0.3) is 0 Å². The molecular formula is C12H24N2O. The van der Waals surface area contributed by atoms with Gasteiger partial charge < -0.3 is 9.80 Å². The van der Waals surface area contributed by atoms with Gasteiger partial charge in [-0.15, -0.1) is 0 Å². The van der Waals surface area contributed by atoms with Crippen LogP contribution in [0.2, 0.25) is 0 Å². The van der Waals surface area contributed by atoms with Crippen molar-refractivity contribution < 1.29 is 4.79 Å². The number of carbonyl (C=O) groups excluding carboxylic acids is 1. The Bertz CT molecular complexity index is 196. The fourth-order valence-corrected chi connectivity index (χ4v) is 2.12. The highest BCUT2D eigenvalue weighted by molar-refractivity contribution is 5.75. The van der Waals surface area contributed by atoms with Gasteiger partial charge in [-0.2, -0.15) is 0 Å². The Kier molecular flexibility index (Phi) is 5.09. The first kappa shape index (κ1) is 12.5. The highest BCUT2D eigenvalue weighted by Crippen LogP contribution is 2.21. The third-order valence-corrected chi connectivity index (χ3v) is 3.34. The second-order valence-corrected chi connectivity index (χ2v) is 4.93. The lowest BCUT2D eigenvalue weighted by Crippen LogP contribution is -2.30. The van der Waals surface area contributed by atoms with Crippen molar-refractivity contribution in [2.75, 3.05) is 34.2 Å². The molecule has 1 aliphatic rings. The molecule has 88 valence electrons. The van der Waals surface area contributed by atoms with Gasteiger partial charge in [0.05, 0.1) is 0 Å². The van der Waals surface area contributed by atoms with Crippen molar-refractivity contribution in [2.45, 2.75) is 32.1 Å². The third-order valence-electron chi connectivity index (χ3n) is 3.34. The maximum absolute atomic E-state index is 11.4. The summed E-state index contributed by atoms with van der Waals surface area (Å²) in [6, 6.07) is 0. The average Bonchev–Trinajstić information content (AvgIpc) is 2.20. The Morgan fingerprint density at radius 1 is 1.33 bits per heavy atom. The summed E-state index contributed by atoms with van der Waals surface area (Å²) < 4.78 is 0. The second kappa shape index (κ2) is 6.11. The Hall–Kier alpha value is -0.570. The zero-order valence-electron chi connectivity index (χ0n) is 10.3. The minimum atomic E-state index is 0.267. The molecule has 1 saturated heterocycles. The van der Waals surface area contributed by atoms with Crippen molar-refractivity contribution in [3.8, 4) is 0 Å². The first-order valence-electron chi connectivity index (χ1n) is 5.98. The fraction of sp³-hybridized carbons (Fsp3) is 0.917. The van der Waals surface area contributed by atoms with Crippen molar-refractivity contribution in [1.29, 1.82) is 0 Å². The maximum Gasteiger partial charge on any atom is 0.222 e. The molecule has 0 aromatic carbocycles. The predicted molar refractivity (Wildman–Crippen MR) is 62.8 cm³/mol. The number of amides is 1. The van der Waals surface area contributed by atoms with Gasteiger partial charge in [0.1, 0.15) is 0 Å². The highest BCUT2D eigenvalue weighted by atomic mass is 16.2. The Labute approximate surface area is 93.4 Å². The van der Waals surface area contributed by atoms with Crippen LogP contribution >= 0.6 is 0 Å². The standard InChI is InChI=1S/C12H24N2O/c1-13(2)12(15)6-4-5-11-7-9-14(3)10-8-11/h11H,4-10H2,1-3H3. The minimum absolute atomic E-state index is 0.267. The summed E-state index contributed by atoms with van der Waals surface area (Å²) in [7, 11) is 5.85. The van der Waals surface area contributed by atoms with E-state index < -0.39 is 0 Å². The van der Waals surface area contributed by atoms with Crippen LogP contribution in [0.4, 0.5) is 0 Å². The molecule has 0 aliphatic carbocycles. The largest absolute Gasteiger partial charge is 0.349 e. The van der Waals surface area contributed by atoms with Gasteiger partial charge >= 0.3 is 0 Å². The van der Waals surface area contributed by atoms with E-state index in [0.717, 1.165) is 18.8 Å². The van der Waals surface area contributed by atoms with E-state index in [1.807, 2.05) is 14.1 Å². The molecule has 1 heterocycles. The topological polar surface area (TPSA) is 23.6 Å². The smallest absolute Gasteiger partial charge is 0.222 e. The number of hydrogen-bond donors (Lipinski definition) is 0. The molecule has 1 fully saturated rings. The van der Waals surface area contributed by atoms with Gasteiger partial charge in [-0.1, -0.05) is 0 Å². The Balaban J connectivity index is 2.08. The number of hydrogen-bond acceptors (Lipinski definition) is 2. The molecule has 3 heteroatoms. The van der Waals surface area contributed by atoms with E-state index >= 15 is 0 Å². The van der Waals surface area contributed by atoms with Crippen LogP contribution < -0.4 is 0 Å². The molecule has 0 aromatic rings. The van der Waals surface area contributed by atoms with E-state index in [1.165, 1.54) is 32.4 Å². The second-order valence-electron chi connectivity index (χ2n) is 4.93. The molecule has 1 amide bonds. The Morgan fingerprint density at radius 2 is 1.93 bits per heavy atom. The maximum atomic E-state index is 11.4. The predicted octanol–water partition coefficient (Wildman–Crippen LogP) is 1.59. The number of piperidine rings is 1. The van der Waals surface area contributed by atoms with Crippen molar-refractivity contribution >= 4 is 5.91 Å². The van der Waals surface area contributed by atoms with Gasteiger partial charge in [-0.25, -0.2) is 0 Å². The number of rotatable bonds is 4. The van der Waals surface area contributed by atoms with E-state index in [1.54, 1.807) is 4.90 Å². The minimum Gasteiger partial charge on any atom is -0.349 e. The van der Waals surface area contributed by atoms with Crippen LogP contribution in [0.15, 0.2) is 0 Å².